The highest BCUT2D eigenvalue weighted by Gasteiger charge is 2.61. The molecule has 0 aromatic heterocycles. The average molecular weight is 345 g/mol. The molecule has 2 N–H and O–H groups in total. The molecule has 1 saturated carbocycles. The highest BCUT2D eigenvalue weighted by Crippen LogP contribution is 2.61. The molecule has 5 heteroatoms. The Morgan fingerprint density at radius 3 is 2.76 bits per heavy atom. The molecular formula is C20H27NO4. The third kappa shape index (κ3) is 3.71. The Morgan fingerprint density at radius 1 is 1.36 bits per heavy atom. The van der Waals surface area contributed by atoms with Crippen molar-refractivity contribution < 1.29 is 19.4 Å². The van der Waals surface area contributed by atoms with Gasteiger partial charge in [-0.25, -0.2) is 4.79 Å². The van der Waals surface area contributed by atoms with Gasteiger partial charge in [0.15, 0.2) is 0 Å². The molecule has 1 spiro atoms. The summed E-state index contributed by atoms with van der Waals surface area (Å²) in [5.74, 6) is -1.26. The zero-order valence-corrected chi connectivity index (χ0v) is 15.2. The molecule has 0 bridgehead atoms. The van der Waals surface area contributed by atoms with Gasteiger partial charge in [0, 0.05) is 24.4 Å². The molecule has 3 rings (SSSR count). The Balaban J connectivity index is 1.59. The summed E-state index contributed by atoms with van der Waals surface area (Å²) in [6, 6.07) is 7.39. The third-order valence-electron chi connectivity index (χ3n) is 5.34. The summed E-state index contributed by atoms with van der Waals surface area (Å²) in [5.41, 5.74) is 2.22. The van der Waals surface area contributed by atoms with Crippen molar-refractivity contribution in [2.75, 3.05) is 6.61 Å². The monoisotopic (exact) mass is 345 g/mol. The SMILES string of the molecule is CC(C)(C)OCCC(NC(=O)C1CC12CCc1ccccc12)C(=O)O. The van der Waals surface area contributed by atoms with E-state index in [1.54, 1.807) is 0 Å². The molecule has 3 atom stereocenters. The summed E-state index contributed by atoms with van der Waals surface area (Å²) in [5, 5.41) is 12.1. The van der Waals surface area contributed by atoms with E-state index >= 15 is 0 Å². The van der Waals surface area contributed by atoms with E-state index in [4.69, 9.17) is 4.74 Å². The van der Waals surface area contributed by atoms with Crippen molar-refractivity contribution in [3.63, 3.8) is 0 Å². The molecule has 0 saturated heterocycles. The van der Waals surface area contributed by atoms with Crippen molar-refractivity contribution in [2.45, 2.75) is 63.5 Å². The fraction of sp³-hybridized carbons (Fsp3) is 0.600. The average Bonchev–Trinajstić information content (AvgIpc) is 3.15. The summed E-state index contributed by atoms with van der Waals surface area (Å²) < 4.78 is 5.59. The predicted octanol–water partition coefficient (Wildman–Crippen LogP) is 2.67. The first-order chi connectivity index (χ1) is 11.7. The van der Waals surface area contributed by atoms with Gasteiger partial charge in [-0.3, -0.25) is 4.79 Å². The standard InChI is InChI=1S/C20H27NO4/c1-19(2,3)25-11-9-16(18(23)24)21-17(22)15-12-20(15)10-8-13-6-4-5-7-14(13)20/h4-7,15-16H,8-12H2,1-3H3,(H,21,22)(H,23,24). The van der Waals surface area contributed by atoms with Crippen LogP contribution in [-0.2, 0) is 26.2 Å². The Kier molecular flexibility index (Phi) is 4.62. The van der Waals surface area contributed by atoms with Gasteiger partial charge in [-0.15, -0.1) is 0 Å². The lowest BCUT2D eigenvalue weighted by Gasteiger charge is -2.22. The van der Waals surface area contributed by atoms with Gasteiger partial charge in [-0.05, 0) is 51.2 Å². The number of benzene rings is 1. The van der Waals surface area contributed by atoms with Crippen molar-refractivity contribution in [1.82, 2.24) is 5.32 Å². The second-order valence-electron chi connectivity index (χ2n) is 8.22. The smallest absolute Gasteiger partial charge is 0.326 e. The second-order valence-corrected chi connectivity index (χ2v) is 8.22. The van der Waals surface area contributed by atoms with E-state index in [-0.39, 0.29) is 29.3 Å². The van der Waals surface area contributed by atoms with Crippen LogP contribution in [0.5, 0.6) is 0 Å². The van der Waals surface area contributed by atoms with Gasteiger partial charge in [0.1, 0.15) is 6.04 Å². The first kappa shape index (κ1) is 17.9. The van der Waals surface area contributed by atoms with Gasteiger partial charge in [0.2, 0.25) is 5.91 Å². The Hall–Kier alpha value is -1.88. The number of aliphatic carboxylic acids is 1. The van der Waals surface area contributed by atoms with Crippen LogP contribution in [0.4, 0.5) is 0 Å². The molecule has 1 aromatic carbocycles. The highest BCUT2D eigenvalue weighted by molar-refractivity contribution is 5.89. The van der Waals surface area contributed by atoms with E-state index in [0.717, 1.165) is 19.3 Å². The quantitative estimate of drug-likeness (QED) is 0.831. The van der Waals surface area contributed by atoms with E-state index in [1.807, 2.05) is 32.9 Å². The van der Waals surface area contributed by atoms with Crippen LogP contribution >= 0.6 is 0 Å². The molecule has 1 aromatic rings. The van der Waals surface area contributed by atoms with Crippen LogP contribution in [0.25, 0.3) is 0 Å². The van der Waals surface area contributed by atoms with Gasteiger partial charge in [-0.1, -0.05) is 24.3 Å². The van der Waals surface area contributed by atoms with Crippen LogP contribution in [-0.4, -0.2) is 35.2 Å². The molecular weight excluding hydrogens is 318 g/mol. The van der Waals surface area contributed by atoms with Crippen LogP contribution in [0, 0.1) is 5.92 Å². The van der Waals surface area contributed by atoms with E-state index in [0.29, 0.717) is 6.61 Å². The zero-order chi connectivity index (χ0) is 18.2. The highest BCUT2D eigenvalue weighted by atomic mass is 16.5. The number of carboxylic acids is 1. The van der Waals surface area contributed by atoms with Gasteiger partial charge >= 0.3 is 5.97 Å². The molecule has 0 aliphatic heterocycles. The van der Waals surface area contributed by atoms with Crippen molar-refractivity contribution in [3.8, 4) is 0 Å². The minimum absolute atomic E-state index is 0.0638. The Morgan fingerprint density at radius 2 is 2.08 bits per heavy atom. The largest absolute Gasteiger partial charge is 0.480 e. The molecule has 2 aliphatic carbocycles. The lowest BCUT2D eigenvalue weighted by atomic mass is 9.95. The number of carboxylic acid groups (broad SMARTS) is 1. The number of hydrogen-bond donors (Lipinski definition) is 2. The fourth-order valence-electron chi connectivity index (χ4n) is 3.95. The maximum absolute atomic E-state index is 12.6. The molecule has 0 heterocycles. The number of aryl methyl sites for hydroxylation is 1. The van der Waals surface area contributed by atoms with E-state index in [9.17, 15) is 14.7 Å². The molecule has 5 nitrogen and oxygen atoms in total. The lowest BCUT2D eigenvalue weighted by Crippen LogP contribution is -2.43. The number of ether oxygens (including phenoxy) is 1. The second kappa shape index (κ2) is 6.45. The maximum atomic E-state index is 12.6. The van der Waals surface area contributed by atoms with Crippen molar-refractivity contribution >= 4 is 11.9 Å². The van der Waals surface area contributed by atoms with E-state index in [1.165, 1.54) is 11.1 Å². The number of carbonyl (C=O) groups excluding carboxylic acids is 1. The van der Waals surface area contributed by atoms with Crippen molar-refractivity contribution in [3.05, 3.63) is 35.4 Å². The number of nitrogens with one attached hydrogen (secondary N) is 1. The number of rotatable bonds is 6. The molecule has 2 aliphatic rings. The lowest BCUT2D eigenvalue weighted by molar-refractivity contribution is -0.143. The maximum Gasteiger partial charge on any atom is 0.326 e. The summed E-state index contributed by atoms with van der Waals surface area (Å²) in [6.07, 6.45) is 3.08. The van der Waals surface area contributed by atoms with Gasteiger partial charge < -0.3 is 15.2 Å². The van der Waals surface area contributed by atoms with Gasteiger partial charge in [0.05, 0.1) is 5.60 Å². The third-order valence-corrected chi connectivity index (χ3v) is 5.34. The predicted molar refractivity (Wildman–Crippen MR) is 94.4 cm³/mol. The molecule has 1 amide bonds. The fourth-order valence-corrected chi connectivity index (χ4v) is 3.95. The van der Waals surface area contributed by atoms with E-state index < -0.39 is 12.0 Å². The first-order valence-corrected chi connectivity index (χ1v) is 8.98. The molecule has 3 unspecified atom stereocenters. The van der Waals surface area contributed by atoms with Crippen LogP contribution in [0.2, 0.25) is 0 Å². The Bertz CT molecular complexity index is 679. The van der Waals surface area contributed by atoms with E-state index in [2.05, 4.69) is 17.4 Å². The molecule has 25 heavy (non-hydrogen) atoms. The topological polar surface area (TPSA) is 75.6 Å². The van der Waals surface area contributed by atoms with Gasteiger partial charge in [-0.2, -0.15) is 0 Å². The normalized spacial score (nSPS) is 25.5. The van der Waals surface area contributed by atoms with Crippen LogP contribution in [0.1, 0.15) is 51.2 Å². The number of amides is 1. The minimum Gasteiger partial charge on any atom is -0.480 e. The van der Waals surface area contributed by atoms with Crippen LogP contribution in [0.3, 0.4) is 0 Å². The Labute approximate surface area is 148 Å². The summed E-state index contributed by atoms with van der Waals surface area (Å²) in [4.78, 5) is 24.1. The minimum atomic E-state index is -1.01. The number of fused-ring (bicyclic) bond motifs is 2. The van der Waals surface area contributed by atoms with Crippen molar-refractivity contribution in [2.24, 2.45) is 5.92 Å². The van der Waals surface area contributed by atoms with Crippen LogP contribution in [0.15, 0.2) is 24.3 Å². The molecule has 136 valence electrons. The van der Waals surface area contributed by atoms with Gasteiger partial charge in [0.25, 0.3) is 0 Å². The van der Waals surface area contributed by atoms with Crippen LogP contribution < -0.4 is 5.32 Å². The van der Waals surface area contributed by atoms with Crippen molar-refractivity contribution in [1.29, 1.82) is 0 Å². The zero-order valence-electron chi connectivity index (χ0n) is 15.2. The first-order valence-electron chi connectivity index (χ1n) is 8.98. The number of hydrogen-bond acceptors (Lipinski definition) is 3. The summed E-state index contributed by atoms with van der Waals surface area (Å²) >= 11 is 0. The summed E-state index contributed by atoms with van der Waals surface area (Å²) in [7, 11) is 0. The molecule has 0 radical (unpaired) electrons. The number of carbonyl (C=O) groups is 2. The summed E-state index contributed by atoms with van der Waals surface area (Å²) in [6.45, 7) is 6.08. The molecule has 1 fully saturated rings.